The molecular formula is C23H31NS2. The third-order valence-corrected chi connectivity index (χ3v) is 5.58. The van der Waals surface area contributed by atoms with E-state index < -0.39 is 0 Å². The number of benzene rings is 2. The van der Waals surface area contributed by atoms with E-state index in [4.69, 9.17) is 25.3 Å². The smallest absolute Gasteiger partial charge is 0.0451 e. The van der Waals surface area contributed by atoms with E-state index in [0.29, 0.717) is 0 Å². The van der Waals surface area contributed by atoms with Gasteiger partial charge in [-0.1, -0.05) is 63.6 Å². The van der Waals surface area contributed by atoms with Crippen LogP contribution < -0.4 is 4.90 Å². The van der Waals surface area contributed by atoms with Gasteiger partial charge in [0, 0.05) is 34.2 Å². The fourth-order valence-corrected chi connectivity index (χ4v) is 3.82. The van der Waals surface area contributed by atoms with Crippen molar-refractivity contribution in [2.75, 3.05) is 18.0 Å². The minimum atomic E-state index is 0.928. The summed E-state index contributed by atoms with van der Waals surface area (Å²) in [7, 11) is 0. The fourth-order valence-electron chi connectivity index (χ4n) is 3.25. The minimum Gasteiger partial charge on any atom is -0.371 e. The van der Waals surface area contributed by atoms with Crippen molar-refractivity contribution in [1.29, 1.82) is 0 Å². The molecule has 0 amide bonds. The molecule has 0 spiro atoms. The van der Waals surface area contributed by atoms with Crippen LogP contribution in [0, 0.1) is 0 Å². The van der Waals surface area contributed by atoms with E-state index in [-0.39, 0.29) is 0 Å². The number of aryl methyl sites for hydroxylation is 1. The summed E-state index contributed by atoms with van der Waals surface area (Å²) >= 11 is 9.74. The summed E-state index contributed by atoms with van der Waals surface area (Å²) in [6, 6.07) is 17.1. The maximum absolute atomic E-state index is 4.92. The normalized spacial score (nSPS) is 12.0. The summed E-state index contributed by atoms with van der Waals surface area (Å²) in [5, 5.41) is 0. The Morgan fingerprint density at radius 2 is 1.46 bits per heavy atom. The summed E-state index contributed by atoms with van der Waals surface area (Å²) in [5.74, 6) is 0. The van der Waals surface area contributed by atoms with E-state index in [9.17, 15) is 0 Å². The predicted molar refractivity (Wildman–Crippen MR) is 124 cm³/mol. The van der Waals surface area contributed by atoms with Gasteiger partial charge >= 0.3 is 0 Å². The number of hydrogen-bond acceptors (Lipinski definition) is 3. The number of nitrogens with zero attached hydrogens (tertiary/aromatic N) is 1. The molecular weight excluding hydrogens is 354 g/mol. The van der Waals surface area contributed by atoms with Crippen molar-refractivity contribution in [2.45, 2.75) is 46.5 Å². The highest BCUT2D eigenvalue weighted by molar-refractivity contribution is 7.96. The summed E-state index contributed by atoms with van der Waals surface area (Å²) in [5.41, 5.74) is 4.92. The van der Waals surface area contributed by atoms with Gasteiger partial charge in [0.1, 0.15) is 0 Å². The molecule has 2 rings (SSSR count). The Hall–Kier alpha value is -1.32. The second kappa shape index (κ2) is 10.7. The molecule has 0 fully saturated rings. The number of anilines is 1. The van der Waals surface area contributed by atoms with Gasteiger partial charge < -0.3 is 4.90 Å². The Balaban J connectivity index is 2.57. The van der Waals surface area contributed by atoms with Crippen molar-refractivity contribution in [3.63, 3.8) is 0 Å². The first-order chi connectivity index (χ1) is 12.6. The number of hydrogen-bond donors (Lipinski definition) is 2. The van der Waals surface area contributed by atoms with Crippen LogP contribution in [0.25, 0.3) is 9.81 Å². The standard InChI is InChI=1S/C23H31NS2/c1-4-10-18-13-14-21(24(15-5-2)16-6-3)20(17-18)23(26)22(25)19-11-8-7-9-12-19/h7-9,11-14,17,25-26H,4-6,10,15-16H2,1-3H3/b23-22-. The molecule has 1 nitrogen and oxygen atoms in total. The van der Waals surface area contributed by atoms with Gasteiger partial charge in [0.05, 0.1) is 0 Å². The van der Waals surface area contributed by atoms with Crippen LogP contribution in [0.15, 0.2) is 48.5 Å². The maximum atomic E-state index is 4.92. The average Bonchev–Trinajstić information content (AvgIpc) is 2.67. The third kappa shape index (κ3) is 5.34. The molecule has 140 valence electrons. The molecule has 0 bridgehead atoms. The zero-order chi connectivity index (χ0) is 18.9. The van der Waals surface area contributed by atoms with Crippen LogP contribution in [0.3, 0.4) is 0 Å². The average molecular weight is 386 g/mol. The second-order valence-electron chi connectivity index (χ2n) is 6.65. The molecule has 0 aliphatic heterocycles. The third-order valence-electron chi connectivity index (χ3n) is 4.45. The van der Waals surface area contributed by atoms with Gasteiger partial charge in [-0.15, -0.1) is 25.3 Å². The molecule has 0 N–H and O–H groups in total. The van der Waals surface area contributed by atoms with Gasteiger partial charge in [0.2, 0.25) is 0 Å². The van der Waals surface area contributed by atoms with E-state index in [2.05, 4.69) is 56.0 Å². The van der Waals surface area contributed by atoms with Gasteiger partial charge in [-0.25, -0.2) is 0 Å². The van der Waals surface area contributed by atoms with E-state index in [1.807, 2.05) is 18.2 Å². The second-order valence-corrected chi connectivity index (χ2v) is 7.55. The SMILES string of the molecule is CCCc1ccc(N(CCC)CCC)c(/C(S)=C(/S)c2ccccc2)c1. The molecule has 0 atom stereocenters. The molecule has 0 aliphatic rings. The van der Waals surface area contributed by atoms with Crippen molar-refractivity contribution in [2.24, 2.45) is 0 Å². The Bertz CT molecular complexity index is 716. The van der Waals surface area contributed by atoms with E-state index in [1.54, 1.807) is 0 Å². The lowest BCUT2D eigenvalue weighted by Gasteiger charge is -2.27. The molecule has 3 heteroatoms. The van der Waals surface area contributed by atoms with Crippen LogP contribution in [0.1, 0.15) is 56.7 Å². The molecule has 0 saturated heterocycles. The Morgan fingerprint density at radius 3 is 2.04 bits per heavy atom. The van der Waals surface area contributed by atoms with Crippen LogP contribution in [0.2, 0.25) is 0 Å². The largest absolute Gasteiger partial charge is 0.371 e. The molecule has 0 aliphatic carbocycles. The molecule has 0 radical (unpaired) electrons. The minimum absolute atomic E-state index is 0.928. The van der Waals surface area contributed by atoms with E-state index >= 15 is 0 Å². The maximum Gasteiger partial charge on any atom is 0.0451 e. The van der Waals surface area contributed by atoms with Crippen LogP contribution in [-0.2, 0) is 6.42 Å². The van der Waals surface area contributed by atoms with Crippen molar-refractivity contribution in [3.05, 3.63) is 65.2 Å². The lowest BCUT2D eigenvalue weighted by atomic mass is 10.0. The Labute approximate surface area is 170 Å². The lowest BCUT2D eigenvalue weighted by Crippen LogP contribution is -2.25. The van der Waals surface area contributed by atoms with Crippen molar-refractivity contribution >= 4 is 40.8 Å². The quantitative estimate of drug-likeness (QED) is 0.349. The zero-order valence-corrected chi connectivity index (χ0v) is 18.0. The number of rotatable bonds is 9. The van der Waals surface area contributed by atoms with Gasteiger partial charge in [0.25, 0.3) is 0 Å². The van der Waals surface area contributed by atoms with Crippen molar-refractivity contribution < 1.29 is 0 Å². The first-order valence-corrected chi connectivity index (χ1v) is 10.6. The van der Waals surface area contributed by atoms with Gasteiger partial charge in [0.15, 0.2) is 0 Å². The van der Waals surface area contributed by atoms with Crippen LogP contribution in [0.4, 0.5) is 5.69 Å². The molecule has 0 saturated carbocycles. The molecule has 2 aromatic rings. The van der Waals surface area contributed by atoms with Gasteiger partial charge in [-0.05, 0) is 42.5 Å². The number of thiol groups is 2. The van der Waals surface area contributed by atoms with Crippen molar-refractivity contribution in [3.8, 4) is 0 Å². The summed E-state index contributed by atoms with van der Waals surface area (Å²) in [6.07, 6.45) is 4.50. The van der Waals surface area contributed by atoms with Crippen LogP contribution >= 0.6 is 25.3 Å². The first kappa shape index (κ1) is 21.0. The van der Waals surface area contributed by atoms with Gasteiger partial charge in [-0.3, -0.25) is 0 Å². The molecule has 2 aromatic carbocycles. The summed E-state index contributed by atoms with van der Waals surface area (Å²) in [6.45, 7) is 8.81. The Kier molecular flexibility index (Phi) is 8.67. The predicted octanol–water partition coefficient (Wildman–Crippen LogP) is 6.95. The summed E-state index contributed by atoms with van der Waals surface area (Å²) in [4.78, 5) is 4.36. The summed E-state index contributed by atoms with van der Waals surface area (Å²) < 4.78 is 0. The zero-order valence-electron chi connectivity index (χ0n) is 16.2. The van der Waals surface area contributed by atoms with Crippen LogP contribution in [-0.4, -0.2) is 13.1 Å². The van der Waals surface area contributed by atoms with Crippen LogP contribution in [0.5, 0.6) is 0 Å². The highest BCUT2D eigenvalue weighted by Gasteiger charge is 2.15. The first-order valence-electron chi connectivity index (χ1n) is 9.68. The Morgan fingerprint density at radius 1 is 0.808 bits per heavy atom. The molecule has 0 heterocycles. The molecule has 26 heavy (non-hydrogen) atoms. The molecule has 0 unspecified atom stereocenters. The van der Waals surface area contributed by atoms with E-state index in [0.717, 1.165) is 54.1 Å². The van der Waals surface area contributed by atoms with E-state index in [1.165, 1.54) is 16.8 Å². The fraction of sp³-hybridized carbons (Fsp3) is 0.391. The molecule has 0 aromatic heterocycles. The highest BCUT2D eigenvalue weighted by atomic mass is 32.1. The topological polar surface area (TPSA) is 3.24 Å². The lowest BCUT2D eigenvalue weighted by molar-refractivity contribution is 0.744. The van der Waals surface area contributed by atoms with Crippen molar-refractivity contribution in [1.82, 2.24) is 0 Å². The van der Waals surface area contributed by atoms with Gasteiger partial charge in [-0.2, -0.15) is 0 Å². The monoisotopic (exact) mass is 385 g/mol. The highest BCUT2D eigenvalue weighted by Crippen LogP contribution is 2.37.